The van der Waals surface area contributed by atoms with Crippen LogP contribution in [0.2, 0.25) is 0 Å². The molecule has 2 aromatic rings. The van der Waals surface area contributed by atoms with Crippen LogP contribution in [0.4, 0.5) is 0 Å². The molecule has 164 valence electrons. The molecule has 0 aliphatic carbocycles. The summed E-state index contributed by atoms with van der Waals surface area (Å²) in [5.41, 5.74) is 1.34. The standard InChI is InChI=1S/C19H29N7O3S/c1-13(2)30(28,29)25-7-5-15(6-8-25)18-21-20-17-12-24(9-10-26(17)18)19(27)16-11-23(4)22-14(16)3/h11,13,15H,5-10,12H2,1-4H3. The molecule has 4 rings (SSSR count). The Balaban J connectivity index is 1.45. The molecular formula is C19H29N7O3S. The maximum atomic E-state index is 12.9. The van der Waals surface area contributed by atoms with E-state index < -0.39 is 15.3 Å². The smallest absolute Gasteiger partial charge is 0.257 e. The lowest BCUT2D eigenvalue weighted by molar-refractivity contribution is 0.0705. The van der Waals surface area contributed by atoms with Crippen LogP contribution in [0.25, 0.3) is 0 Å². The van der Waals surface area contributed by atoms with E-state index in [1.807, 2.05) is 6.92 Å². The summed E-state index contributed by atoms with van der Waals surface area (Å²) in [6.45, 7) is 7.95. The van der Waals surface area contributed by atoms with Gasteiger partial charge in [0.25, 0.3) is 5.91 Å². The second-order valence-corrected chi connectivity index (χ2v) is 10.9. The summed E-state index contributed by atoms with van der Waals surface area (Å²) in [7, 11) is -1.41. The Bertz CT molecular complexity index is 1050. The summed E-state index contributed by atoms with van der Waals surface area (Å²) in [6.07, 6.45) is 3.23. The van der Waals surface area contributed by atoms with Gasteiger partial charge in [0.1, 0.15) is 5.82 Å². The highest BCUT2D eigenvalue weighted by molar-refractivity contribution is 7.89. The first-order valence-corrected chi connectivity index (χ1v) is 11.9. The van der Waals surface area contributed by atoms with E-state index in [2.05, 4.69) is 19.9 Å². The molecule has 2 aliphatic heterocycles. The van der Waals surface area contributed by atoms with Crippen molar-refractivity contribution in [3.63, 3.8) is 0 Å². The average molecular weight is 436 g/mol. The van der Waals surface area contributed by atoms with Crippen LogP contribution in [0.5, 0.6) is 0 Å². The number of sulfonamides is 1. The summed E-state index contributed by atoms with van der Waals surface area (Å²) in [5, 5.41) is 12.6. The van der Waals surface area contributed by atoms with Crippen molar-refractivity contribution in [1.82, 2.24) is 33.8 Å². The minimum absolute atomic E-state index is 0.0383. The molecule has 1 amide bonds. The quantitative estimate of drug-likeness (QED) is 0.706. The van der Waals surface area contributed by atoms with Crippen molar-refractivity contribution in [2.24, 2.45) is 7.05 Å². The molecule has 0 radical (unpaired) electrons. The molecule has 0 unspecified atom stereocenters. The summed E-state index contributed by atoms with van der Waals surface area (Å²) >= 11 is 0. The lowest BCUT2D eigenvalue weighted by Gasteiger charge is -2.33. The lowest BCUT2D eigenvalue weighted by Crippen LogP contribution is -2.42. The fourth-order valence-electron chi connectivity index (χ4n) is 4.30. The van der Waals surface area contributed by atoms with Gasteiger partial charge in [0.2, 0.25) is 10.0 Å². The molecule has 0 saturated carbocycles. The first-order valence-electron chi connectivity index (χ1n) is 10.4. The zero-order valence-electron chi connectivity index (χ0n) is 17.9. The monoisotopic (exact) mass is 435 g/mol. The van der Waals surface area contributed by atoms with E-state index in [0.29, 0.717) is 38.3 Å². The molecule has 0 atom stereocenters. The number of carbonyl (C=O) groups excluding carboxylic acids is 1. The first-order chi connectivity index (χ1) is 14.2. The van der Waals surface area contributed by atoms with Gasteiger partial charge in [-0.2, -0.15) is 5.10 Å². The number of hydrogen-bond acceptors (Lipinski definition) is 6. The number of hydrogen-bond donors (Lipinski definition) is 0. The van der Waals surface area contributed by atoms with Crippen LogP contribution >= 0.6 is 0 Å². The van der Waals surface area contributed by atoms with Crippen LogP contribution < -0.4 is 0 Å². The second-order valence-electron chi connectivity index (χ2n) is 8.42. The number of fused-ring (bicyclic) bond motifs is 1. The molecule has 4 heterocycles. The van der Waals surface area contributed by atoms with Crippen molar-refractivity contribution in [2.45, 2.75) is 57.9 Å². The molecule has 2 aromatic heterocycles. The molecule has 1 saturated heterocycles. The largest absolute Gasteiger partial charge is 0.329 e. The van der Waals surface area contributed by atoms with Gasteiger partial charge in [0, 0.05) is 45.3 Å². The summed E-state index contributed by atoms with van der Waals surface area (Å²) in [6, 6.07) is 0. The first kappa shape index (κ1) is 21.0. The summed E-state index contributed by atoms with van der Waals surface area (Å²) in [5.74, 6) is 1.84. The molecule has 10 nitrogen and oxygen atoms in total. The maximum absolute atomic E-state index is 12.9. The van der Waals surface area contributed by atoms with Gasteiger partial charge in [-0.05, 0) is 33.6 Å². The van der Waals surface area contributed by atoms with Gasteiger partial charge in [-0.3, -0.25) is 9.48 Å². The van der Waals surface area contributed by atoms with Crippen LogP contribution in [0, 0.1) is 6.92 Å². The molecular weight excluding hydrogens is 406 g/mol. The topological polar surface area (TPSA) is 106 Å². The number of amides is 1. The Kier molecular flexibility index (Phi) is 5.43. The highest BCUT2D eigenvalue weighted by atomic mass is 32.2. The Morgan fingerprint density at radius 2 is 1.83 bits per heavy atom. The molecule has 0 aromatic carbocycles. The highest BCUT2D eigenvalue weighted by Gasteiger charge is 2.34. The van der Waals surface area contributed by atoms with Crippen LogP contribution in [-0.4, -0.2) is 73.0 Å². The Labute approximate surface area is 176 Å². The third kappa shape index (κ3) is 3.64. The Morgan fingerprint density at radius 1 is 1.13 bits per heavy atom. The third-order valence-corrected chi connectivity index (χ3v) is 8.36. The van der Waals surface area contributed by atoms with Crippen molar-refractivity contribution < 1.29 is 13.2 Å². The predicted molar refractivity (Wildman–Crippen MR) is 110 cm³/mol. The van der Waals surface area contributed by atoms with Crippen LogP contribution in [0.1, 0.15) is 60.3 Å². The number of aromatic nitrogens is 5. The van der Waals surface area contributed by atoms with E-state index in [9.17, 15) is 13.2 Å². The molecule has 1 fully saturated rings. The van der Waals surface area contributed by atoms with E-state index in [4.69, 9.17) is 0 Å². The molecule has 2 aliphatic rings. The van der Waals surface area contributed by atoms with Crippen molar-refractivity contribution >= 4 is 15.9 Å². The third-order valence-electron chi connectivity index (χ3n) is 6.09. The molecule has 0 spiro atoms. The molecule has 30 heavy (non-hydrogen) atoms. The molecule has 0 N–H and O–H groups in total. The van der Waals surface area contributed by atoms with Gasteiger partial charge in [-0.25, -0.2) is 12.7 Å². The van der Waals surface area contributed by atoms with Crippen LogP contribution in [0.3, 0.4) is 0 Å². The van der Waals surface area contributed by atoms with E-state index in [1.54, 1.807) is 41.0 Å². The highest BCUT2D eigenvalue weighted by Crippen LogP contribution is 2.30. The Morgan fingerprint density at radius 3 is 2.43 bits per heavy atom. The molecule has 0 bridgehead atoms. The van der Waals surface area contributed by atoms with Crippen molar-refractivity contribution in [2.75, 3.05) is 19.6 Å². The van der Waals surface area contributed by atoms with Crippen molar-refractivity contribution in [1.29, 1.82) is 0 Å². The number of piperidine rings is 1. The number of rotatable bonds is 4. The molecule has 11 heteroatoms. The maximum Gasteiger partial charge on any atom is 0.257 e. The fourth-order valence-corrected chi connectivity index (χ4v) is 5.62. The van der Waals surface area contributed by atoms with E-state index >= 15 is 0 Å². The SMILES string of the molecule is Cc1nn(C)cc1C(=O)N1CCn2c(nnc2C2CCN(S(=O)(=O)C(C)C)CC2)C1. The van der Waals surface area contributed by atoms with Crippen molar-refractivity contribution in [3.05, 3.63) is 29.1 Å². The number of aryl methyl sites for hydroxylation is 2. The van der Waals surface area contributed by atoms with Crippen LogP contribution in [-0.2, 0) is 30.2 Å². The second kappa shape index (κ2) is 7.77. The van der Waals surface area contributed by atoms with Gasteiger partial charge < -0.3 is 9.47 Å². The number of carbonyl (C=O) groups is 1. The van der Waals surface area contributed by atoms with Crippen LogP contribution in [0.15, 0.2) is 6.20 Å². The lowest BCUT2D eigenvalue weighted by atomic mass is 9.97. The zero-order chi connectivity index (χ0) is 21.6. The summed E-state index contributed by atoms with van der Waals surface area (Å²) in [4.78, 5) is 14.7. The van der Waals surface area contributed by atoms with E-state index in [0.717, 1.165) is 30.2 Å². The van der Waals surface area contributed by atoms with Gasteiger partial charge in [-0.1, -0.05) is 0 Å². The van der Waals surface area contributed by atoms with E-state index in [-0.39, 0.29) is 11.8 Å². The number of nitrogens with zero attached hydrogens (tertiary/aromatic N) is 7. The average Bonchev–Trinajstić information content (AvgIpc) is 3.29. The zero-order valence-corrected chi connectivity index (χ0v) is 18.8. The van der Waals surface area contributed by atoms with Gasteiger partial charge in [0.05, 0.1) is 23.1 Å². The minimum Gasteiger partial charge on any atom is -0.329 e. The van der Waals surface area contributed by atoms with Gasteiger partial charge in [-0.15, -0.1) is 10.2 Å². The minimum atomic E-state index is -3.22. The summed E-state index contributed by atoms with van der Waals surface area (Å²) < 4.78 is 30.2. The van der Waals surface area contributed by atoms with Gasteiger partial charge >= 0.3 is 0 Å². The Hall–Kier alpha value is -2.27. The van der Waals surface area contributed by atoms with E-state index in [1.165, 1.54) is 0 Å². The normalized spacial score (nSPS) is 18.8. The van der Waals surface area contributed by atoms with Gasteiger partial charge in [0.15, 0.2) is 5.82 Å². The van der Waals surface area contributed by atoms with Crippen molar-refractivity contribution in [3.8, 4) is 0 Å². The predicted octanol–water partition coefficient (Wildman–Crippen LogP) is 0.894. The fraction of sp³-hybridized carbons (Fsp3) is 0.684.